The fourth-order valence-corrected chi connectivity index (χ4v) is 16.1. The second kappa shape index (κ2) is 22.4. The van der Waals surface area contributed by atoms with E-state index in [9.17, 15) is 0 Å². The van der Waals surface area contributed by atoms with Crippen molar-refractivity contribution in [2.75, 3.05) is 9.80 Å². The number of aromatic nitrogens is 2. The summed E-state index contributed by atoms with van der Waals surface area (Å²) in [5, 5.41) is 2.27. The molecule has 0 spiro atoms. The molecule has 4 bridgehead atoms. The molecule has 6 heteroatoms. The van der Waals surface area contributed by atoms with E-state index in [1.807, 2.05) is 0 Å². The number of hydrogen-bond donors (Lipinski definition) is 0. The van der Waals surface area contributed by atoms with Gasteiger partial charge in [-0.05, 0) is 161 Å². The van der Waals surface area contributed by atoms with Crippen LogP contribution in [0.15, 0.2) is 206 Å². The molecular formula is C80H73N4OPt-3. The van der Waals surface area contributed by atoms with Gasteiger partial charge in [0.2, 0.25) is 0 Å². The van der Waals surface area contributed by atoms with Gasteiger partial charge in [0.15, 0.2) is 0 Å². The van der Waals surface area contributed by atoms with Crippen molar-refractivity contribution in [3.8, 4) is 50.7 Å². The molecule has 9 aromatic carbocycles. The van der Waals surface area contributed by atoms with Gasteiger partial charge in [-0.1, -0.05) is 198 Å². The molecule has 4 fully saturated rings. The molecule has 2 aromatic heterocycles. The molecule has 0 amide bonds. The van der Waals surface area contributed by atoms with E-state index in [2.05, 4.69) is 288 Å². The molecule has 1 aliphatic heterocycles. The van der Waals surface area contributed by atoms with E-state index in [1.165, 1.54) is 71.0 Å². The normalized spacial score (nSPS) is 19.5. The minimum atomic E-state index is -0.0616. The smallest absolute Gasteiger partial charge is 0.135 e. The first-order valence-electron chi connectivity index (χ1n) is 31.2. The third-order valence-electron chi connectivity index (χ3n) is 19.8. The average molecular weight is 1300 g/mol. The Morgan fingerprint density at radius 2 is 1.13 bits per heavy atom. The molecule has 4 saturated carbocycles. The van der Waals surface area contributed by atoms with Gasteiger partial charge in [-0.25, -0.2) is 4.98 Å². The number of anilines is 4. The number of rotatable bonds is 13. The zero-order valence-corrected chi connectivity index (χ0v) is 52.6. The Bertz CT molecular complexity index is 4220. The van der Waals surface area contributed by atoms with Crippen LogP contribution in [0.3, 0.4) is 0 Å². The average Bonchev–Trinajstić information content (AvgIpc) is 1.72. The molecule has 86 heavy (non-hydrogen) atoms. The number of hydrogen-bond acceptors (Lipinski definition) is 4. The van der Waals surface area contributed by atoms with Crippen molar-refractivity contribution in [1.29, 1.82) is 0 Å². The maximum absolute atomic E-state index is 7.32. The number of fused-ring (bicyclic) bond motifs is 4. The molecule has 432 valence electrons. The molecule has 0 saturated heterocycles. The molecule has 5 aliphatic rings. The van der Waals surface area contributed by atoms with Crippen LogP contribution in [0, 0.1) is 49.4 Å². The van der Waals surface area contributed by atoms with Gasteiger partial charge in [-0.2, -0.15) is 6.07 Å². The van der Waals surface area contributed by atoms with E-state index in [0.717, 1.165) is 90.0 Å². The van der Waals surface area contributed by atoms with Crippen LogP contribution in [0.4, 0.5) is 22.7 Å². The number of benzene rings is 9. The maximum atomic E-state index is 7.32. The number of pyridine rings is 1. The van der Waals surface area contributed by atoms with Crippen molar-refractivity contribution in [1.82, 2.24) is 9.55 Å². The molecule has 0 unspecified atom stereocenters. The third kappa shape index (κ3) is 9.43. The minimum absolute atomic E-state index is 0. The predicted octanol–water partition coefficient (Wildman–Crippen LogP) is 21.4. The van der Waals surface area contributed by atoms with Crippen molar-refractivity contribution < 1.29 is 25.8 Å². The van der Waals surface area contributed by atoms with Gasteiger partial charge in [0, 0.05) is 77.9 Å². The standard InChI is InChI=1S/C80H73N4O.Pt/c1-50(2)58-44-71(51(3)4)78(72(45-58)52(5)6)59-42-64(82-49-83(75-28-17-16-27-74(75)82)79-67(56-19-10-8-11-20-56)24-18-25-68(79)57-21-12-9-13-22-57)47-66(43-59)85-65-33-34-70-69-23-14-15-26-73(69)84(76(70)48-65)77-46-61(35-36-81-77)80(60-31-29-53(7)30-32-60)62-38-54-37-55(40-62)41-63(80)39-54;/h8-36,42-46,49-52,54-55,62-63H,37-41H2,1-7H3;/q-3;. The van der Waals surface area contributed by atoms with E-state index >= 15 is 0 Å². The molecule has 5 nitrogen and oxygen atoms in total. The summed E-state index contributed by atoms with van der Waals surface area (Å²) in [6.07, 6.45) is 8.72. The Morgan fingerprint density at radius 3 is 1.76 bits per heavy atom. The Balaban J connectivity index is 0.00000653. The van der Waals surface area contributed by atoms with Crippen LogP contribution in [0.1, 0.15) is 125 Å². The van der Waals surface area contributed by atoms with E-state index in [1.54, 1.807) is 0 Å². The van der Waals surface area contributed by atoms with E-state index in [4.69, 9.17) is 9.72 Å². The Hall–Kier alpha value is -7.98. The van der Waals surface area contributed by atoms with E-state index in [0.29, 0.717) is 29.3 Å². The maximum Gasteiger partial charge on any atom is 0.135 e. The second-order valence-electron chi connectivity index (χ2n) is 25.9. The van der Waals surface area contributed by atoms with Crippen LogP contribution >= 0.6 is 0 Å². The zero-order valence-electron chi connectivity index (χ0n) is 50.3. The summed E-state index contributed by atoms with van der Waals surface area (Å²) in [6, 6.07) is 81.7. The third-order valence-corrected chi connectivity index (χ3v) is 19.8. The quantitative estimate of drug-likeness (QED) is 0.108. The van der Waals surface area contributed by atoms with Gasteiger partial charge in [0.05, 0.1) is 0 Å². The van der Waals surface area contributed by atoms with Crippen LogP contribution in [0.5, 0.6) is 11.5 Å². The van der Waals surface area contributed by atoms with Crippen LogP contribution in [0.2, 0.25) is 0 Å². The summed E-state index contributed by atoms with van der Waals surface area (Å²) >= 11 is 0. The summed E-state index contributed by atoms with van der Waals surface area (Å²) in [5.74, 6) is 5.97. The number of ether oxygens (including phenoxy) is 1. The molecular weight excluding hydrogens is 1230 g/mol. The largest absolute Gasteiger partial charge is 0.509 e. The van der Waals surface area contributed by atoms with Gasteiger partial charge in [0.1, 0.15) is 5.82 Å². The number of para-hydroxylation sites is 4. The number of aryl methyl sites for hydroxylation is 1. The van der Waals surface area contributed by atoms with E-state index in [-0.39, 0.29) is 38.3 Å². The number of nitrogens with zero attached hydrogens (tertiary/aromatic N) is 4. The van der Waals surface area contributed by atoms with Gasteiger partial charge < -0.3 is 19.1 Å². The molecule has 4 aliphatic carbocycles. The topological polar surface area (TPSA) is 33.5 Å². The summed E-state index contributed by atoms with van der Waals surface area (Å²) in [6.45, 7) is 18.4. The second-order valence-corrected chi connectivity index (χ2v) is 25.9. The summed E-state index contributed by atoms with van der Waals surface area (Å²) in [7, 11) is 0. The summed E-state index contributed by atoms with van der Waals surface area (Å²) in [5.41, 5.74) is 21.2. The van der Waals surface area contributed by atoms with Crippen LogP contribution in [-0.2, 0) is 26.5 Å². The first-order chi connectivity index (χ1) is 41.5. The van der Waals surface area contributed by atoms with Crippen molar-refractivity contribution in [3.63, 3.8) is 0 Å². The zero-order chi connectivity index (χ0) is 57.7. The Morgan fingerprint density at radius 1 is 0.523 bits per heavy atom. The van der Waals surface area contributed by atoms with Crippen LogP contribution in [0.25, 0.3) is 61.0 Å². The molecule has 3 heterocycles. The predicted molar refractivity (Wildman–Crippen MR) is 352 cm³/mol. The molecule has 0 radical (unpaired) electrons. The molecule has 0 atom stereocenters. The Labute approximate surface area is 523 Å². The van der Waals surface area contributed by atoms with E-state index < -0.39 is 0 Å². The van der Waals surface area contributed by atoms with Gasteiger partial charge in [-0.15, -0.1) is 53.6 Å². The van der Waals surface area contributed by atoms with Crippen molar-refractivity contribution >= 4 is 44.6 Å². The molecule has 0 N–H and O–H groups in total. The fourth-order valence-electron chi connectivity index (χ4n) is 16.1. The SMILES string of the molecule is Cc1ccc(C2(c3ccnc(-n4c5[c-]c(Oc6[c-]c(N7[CH-]N(c8c(-c9ccccc9)cccc8-c8ccccc8)c8ccccc87)cc(-c7c(C(C)C)cc(C(C)C)cc7C(C)C)c6)ccc5c5ccccc54)c3)C3CC4CC(C3)CC2C4)cc1.[Pt]. The Kier molecular flexibility index (Phi) is 14.5. The summed E-state index contributed by atoms with van der Waals surface area (Å²) in [4.78, 5) is 9.98. The molecule has 16 rings (SSSR count). The monoisotopic (exact) mass is 1300 g/mol. The van der Waals surface area contributed by atoms with Gasteiger partial charge in [-0.3, -0.25) is 0 Å². The van der Waals surface area contributed by atoms with Gasteiger partial charge in [0.25, 0.3) is 0 Å². The van der Waals surface area contributed by atoms with Crippen molar-refractivity contribution in [2.24, 2.45) is 23.7 Å². The van der Waals surface area contributed by atoms with Crippen LogP contribution in [-0.4, -0.2) is 9.55 Å². The first-order valence-corrected chi connectivity index (χ1v) is 31.2. The van der Waals surface area contributed by atoms with Crippen LogP contribution < -0.4 is 14.5 Å². The molecule has 11 aromatic rings. The minimum Gasteiger partial charge on any atom is -0.509 e. The van der Waals surface area contributed by atoms with Crippen molar-refractivity contribution in [3.05, 3.63) is 259 Å². The summed E-state index contributed by atoms with van der Waals surface area (Å²) < 4.78 is 9.66. The van der Waals surface area contributed by atoms with Crippen molar-refractivity contribution in [2.45, 2.75) is 104 Å². The fraction of sp³-hybridized carbons (Fsp3) is 0.250. The van der Waals surface area contributed by atoms with Gasteiger partial charge >= 0.3 is 0 Å². The first kappa shape index (κ1) is 55.9.